The van der Waals surface area contributed by atoms with Gasteiger partial charge in [0.2, 0.25) is 5.75 Å². The van der Waals surface area contributed by atoms with Crippen molar-refractivity contribution in [3.05, 3.63) is 53.1 Å². The zero-order chi connectivity index (χ0) is 22.1. The number of methoxy groups -OCH3 is 3. The molecule has 2 aromatic rings. The van der Waals surface area contributed by atoms with Crippen LogP contribution in [0, 0.1) is 0 Å². The standard InChI is InChI=1S/C20H17F3N2O5/c1-28-15-8-11(9-16(29-2)17(15)30-3)7-14-18(26)24-25(19(14)27)13-6-4-5-12(10-13)20(21,22)23/h4-10H,1-3H3,(H,24,26)/b14-7-. The minimum Gasteiger partial charge on any atom is -0.493 e. The summed E-state index contributed by atoms with van der Waals surface area (Å²) < 4.78 is 54.6. The van der Waals surface area contributed by atoms with Crippen LogP contribution in [0.25, 0.3) is 6.08 Å². The second kappa shape index (κ2) is 7.97. The summed E-state index contributed by atoms with van der Waals surface area (Å²) in [6, 6.07) is 7.15. The first kappa shape index (κ1) is 21.0. The molecular formula is C20H17F3N2O5. The molecule has 0 saturated carbocycles. The van der Waals surface area contributed by atoms with E-state index >= 15 is 0 Å². The first-order valence-corrected chi connectivity index (χ1v) is 8.54. The van der Waals surface area contributed by atoms with Crippen LogP contribution < -0.4 is 24.6 Å². The fourth-order valence-corrected chi connectivity index (χ4v) is 2.91. The Kier molecular flexibility index (Phi) is 5.59. The Morgan fingerprint density at radius 1 is 0.967 bits per heavy atom. The molecule has 0 spiro atoms. The van der Waals surface area contributed by atoms with Crippen LogP contribution in [-0.2, 0) is 15.8 Å². The van der Waals surface area contributed by atoms with Crippen molar-refractivity contribution in [1.29, 1.82) is 0 Å². The average molecular weight is 422 g/mol. The number of amides is 2. The van der Waals surface area contributed by atoms with Gasteiger partial charge in [-0.1, -0.05) is 6.07 Å². The van der Waals surface area contributed by atoms with Crippen molar-refractivity contribution in [2.45, 2.75) is 6.18 Å². The van der Waals surface area contributed by atoms with Crippen LogP contribution in [0.3, 0.4) is 0 Å². The molecule has 0 bridgehead atoms. The molecule has 2 aromatic carbocycles. The number of rotatable bonds is 5. The molecule has 0 atom stereocenters. The van der Waals surface area contributed by atoms with E-state index in [-0.39, 0.29) is 11.3 Å². The van der Waals surface area contributed by atoms with E-state index in [4.69, 9.17) is 14.2 Å². The van der Waals surface area contributed by atoms with E-state index in [0.29, 0.717) is 22.8 Å². The number of hydrogen-bond donors (Lipinski definition) is 1. The summed E-state index contributed by atoms with van der Waals surface area (Å²) in [6.45, 7) is 0. The molecule has 2 amide bonds. The second-order valence-electron chi connectivity index (χ2n) is 6.15. The van der Waals surface area contributed by atoms with Gasteiger partial charge in [-0.3, -0.25) is 15.0 Å². The van der Waals surface area contributed by atoms with Crippen LogP contribution in [0.2, 0.25) is 0 Å². The van der Waals surface area contributed by atoms with Crippen molar-refractivity contribution in [3.8, 4) is 17.2 Å². The summed E-state index contributed by atoms with van der Waals surface area (Å²) in [7, 11) is 4.26. The van der Waals surface area contributed by atoms with E-state index < -0.39 is 23.6 Å². The summed E-state index contributed by atoms with van der Waals surface area (Å²) in [5.41, 5.74) is 1.35. The van der Waals surface area contributed by atoms with Gasteiger partial charge in [0.05, 0.1) is 32.6 Å². The van der Waals surface area contributed by atoms with Crippen LogP contribution in [0.4, 0.5) is 18.9 Å². The fraction of sp³-hybridized carbons (Fsp3) is 0.200. The molecule has 1 aliphatic heterocycles. The SMILES string of the molecule is COc1cc(/C=C2/C(=O)NN(c3cccc(C(F)(F)F)c3)C2=O)cc(OC)c1OC. The van der Waals surface area contributed by atoms with Gasteiger partial charge in [-0.2, -0.15) is 13.2 Å². The molecule has 1 saturated heterocycles. The lowest BCUT2D eigenvalue weighted by molar-refractivity contribution is -0.137. The topological polar surface area (TPSA) is 77.1 Å². The van der Waals surface area contributed by atoms with Crippen LogP contribution in [-0.4, -0.2) is 33.1 Å². The predicted octanol–water partition coefficient (Wildman–Crippen LogP) is 3.19. The Bertz CT molecular complexity index is 1010. The van der Waals surface area contributed by atoms with E-state index in [1.165, 1.54) is 45.6 Å². The van der Waals surface area contributed by atoms with E-state index in [2.05, 4.69) is 5.43 Å². The molecular weight excluding hydrogens is 405 g/mol. The molecule has 1 heterocycles. The van der Waals surface area contributed by atoms with Crippen molar-refractivity contribution in [1.82, 2.24) is 5.43 Å². The van der Waals surface area contributed by atoms with Crippen molar-refractivity contribution in [2.75, 3.05) is 26.3 Å². The van der Waals surface area contributed by atoms with Gasteiger partial charge < -0.3 is 14.2 Å². The van der Waals surface area contributed by atoms with Crippen molar-refractivity contribution >= 4 is 23.6 Å². The lowest BCUT2D eigenvalue weighted by Crippen LogP contribution is -2.35. The molecule has 7 nitrogen and oxygen atoms in total. The zero-order valence-electron chi connectivity index (χ0n) is 16.2. The number of nitrogens with one attached hydrogen (secondary N) is 1. The van der Waals surface area contributed by atoms with Crippen molar-refractivity contribution in [3.63, 3.8) is 0 Å². The third-order valence-corrected chi connectivity index (χ3v) is 4.32. The Morgan fingerprint density at radius 2 is 1.60 bits per heavy atom. The maximum atomic E-state index is 13.0. The minimum absolute atomic E-state index is 0.114. The van der Waals surface area contributed by atoms with Gasteiger partial charge in [-0.15, -0.1) is 0 Å². The van der Waals surface area contributed by atoms with Crippen LogP contribution >= 0.6 is 0 Å². The van der Waals surface area contributed by atoms with Gasteiger partial charge in [-0.25, -0.2) is 5.01 Å². The molecule has 0 aromatic heterocycles. The van der Waals surface area contributed by atoms with Crippen LogP contribution in [0.5, 0.6) is 17.2 Å². The molecule has 1 fully saturated rings. The lowest BCUT2D eigenvalue weighted by atomic mass is 10.1. The quantitative estimate of drug-likeness (QED) is 0.592. The maximum absolute atomic E-state index is 13.0. The highest BCUT2D eigenvalue weighted by atomic mass is 19.4. The average Bonchev–Trinajstić information content (AvgIpc) is 3.00. The predicted molar refractivity (Wildman–Crippen MR) is 101 cm³/mol. The van der Waals surface area contributed by atoms with Crippen LogP contribution in [0.15, 0.2) is 42.0 Å². The third kappa shape index (κ3) is 3.88. The van der Waals surface area contributed by atoms with Gasteiger partial charge in [0.25, 0.3) is 11.8 Å². The summed E-state index contributed by atoms with van der Waals surface area (Å²) in [4.78, 5) is 25.1. The summed E-state index contributed by atoms with van der Waals surface area (Å²) >= 11 is 0. The van der Waals surface area contributed by atoms with E-state index in [1.807, 2.05) is 0 Å². The number of carbonyl (C=O) groups excluding carboxylic acids is 2. The number of nitrogens with zero attached hydrogens (tertiary/aromatic N) is 1. The monoisotopic (exact) mass is 422 g/mol. The highest BCUT2D eigenvalue weighted by molar-refractivity contribution is 6.31. The Hall–Kier alpha value is -3.69. The molecule has 1 aliphatic rings. The summed E-state index contributed by atoms with van der Waals surface area (Å²) in [5.74, 6) is -0.609. The molecule has 0 aliphatic carbocycles. The Balaban J connectivity index is 1.99. The highest BCUT2D eigenvalue weighted by Gasteiger charge is 2.36. The van der Waals surface area contributed by atoms with E-state index in [1.54, 1.807) is 0 Å². The minimum atomic E-state index is -4.59. The number of halogens is 3. The maximum Gasteiger partial charge on any atom is 0.416 e. The lowest BCUT2D eigenvalue weighted by Gasteiger charge is -2.16. The number of hydrazine groups is 1. The Labute approximate surface area is 169 Å². The van der Waals surface area contributed by atoms with Crippen molar-refractivity contribution in [2.24, 2.45) is 0 Å². The number of benzene rings is 2. The molecule has 3 rings (SSSR count). The van der Waals surface area contributed by atoms with Crippen LogP contribution in [0.1, 0.15) is 11.1 Å². The zero-order valence-corrected chi connectivity index (χ0v) is 16.2. The molecule has 10 heteroatoms. The molecule has 0 unspecified atom stereocenters. The van der Waals surface area contributed by atoms with Gasteiger partial charge in [-0.05, 0) is 42.0 Å². The van der Waals surface area contributed by atoms with Crippen molar-refractivity contribution < 1.29 is 37.0 Å². The number of carbonyl (C=O) groups is 2. The molecule has 0 radical (unpaired) electrons. The van der Waals surface area contributed by atoms with Gasteiger partial charge >= 0.3 is 6.18 Å². The normalized spacial score (nSPS) is 15.4. The van der Waals surface area contributed by atoms with E-state index in [9.17, 15) is 22.8 Å². The molecule has 1 N–H and O–H groups in total. The number of hydrogen-bond acceptors (Lipinski definition) is 5. The fourth-order valence-electron chi connectivity index (χ4n) is 2.91. The van der Waals surface area contributed by atoms with Gasteiger partial charge in [0, 0.05) is 0 Å². The number of anilines is 1. The number of alkyl halides is 3. The van der Waals surface area contributed by atoms with E-state index in [0.717, 1.165) is 23.2 Å². The highest BCUT2D eigenvalue weighted by Crippen LogP contribution is 2.39. The van der Waals surface area contributed by atoms with Gasteiger partial charge in [0.1, 0.15) is 5.57 Å². The first-order valence-electron chi connectivity index (χ1n) is 8.54. The second-order valence-corrected chi connectivity index (χ2v) is 6.15. The largest absolute Gasteiger partial charge is 0.493 e. The smallest absolute Gasteiger partial charge is 0.416 e. The first-order chi connectivity index (χ1) is 14.2. The Morgan fingerprint density at radius 3 is 2.13 bits per heavy atom. The summed E-state index contributed by atoms with van der Waals surface area (Å²) in [6.07, 6.45) is -3.30. The molecule has 158 valence electrons. The van der Waals surface area contributed by atoms with Gasteiger partial charge in [0.15, 0.2) is 11.5 Å². The third-order valence-electron chi connectivity index (χ3n) is 4.32. The molecule has 30 heavy (non-hydrogen) atoms. The summed E-state index contributed by atoms with van der Waals surface area (Å²) in [5, 5.41) is 0.765. The number of ether oxygens (including phenoxy) is 3.